The molecule has 4 unspecified atom stereocenters. The molecular formula is C24H30Cl2S4. The van der Waals surface area contributed by atoms with Crippen LogP contribution in [-0.2, 0) is 5.41 Å². The molecule has 6 heteroatoms. The molecule has 0 aliphatic heterocycles. The van der Waals surface area contributed by atoms with Gasteiger partial charge in [0.25, 0.3) is 0 Å². The number of alkyl halides is 2. The van der Waals surface area contributed by atoms with Gasteiger partial charge in [0.1, 0.15) is 0 Å². The van der Waals surface area contributed by atoms with Gasteiger partial charge in [0.2, 0.25) is 0 Å². The first-order chi connectivity index (χ1) is 14.5. The summed E-state index contributed by atoms with van der Waals surface area (Å²) in [5.74, 6) is 3.11. The number of hydrogen-bond donors (Lipinski definition) is 4. The number of hydrogen-bond acceptors (Lipinski definition) is 4. The molecule has 2 aromatic rings. The molecule has 0 bridgehead atoms. The van der Waals surface area contributed by atoms with Crippen LogP contribution >= 0.6 is 73.7 Å². The van der Waals surface area contributed by atoms with E-state index in [0.717, 1.165) is 30.9 Å². The largest absolute Gasteiger partial charge is 0.175 e. The summed E-state index contributed by atoms with van der Waals surface area (Å²) >= 11 is 32.0. The van der Waals surface area contributed by atoms with Crippen LogP contribution in [0.4, 0.5) is 0 Å². The normalized spacial score (nSPS) is 16.8. The van der Waals surface area contributed by atoms with Crippen molar-refractivity contribution < 1.29 is 0 Å². The summed E-state index contributed by atoms with van der Waals surface area (Å²) in [7, 11) is 0. The van der Waals surface area contributed by atoms with Gasteiger partial charge >= 0.3 is 0 Å². The molecule has 2 rings (SSSR count). The Morgan fingerprint density at radius 1 is 0.867 bits per heavy atom. The van der Waals surface area contributed by atoms with Gasteiger partial charge in [-0.1, -0.05) is 60.7 Å². The Labute approximate surface area is 214 Å². The number of thiol groups is 4. The van der Waals surface area contributed by atoms with Crippen molar-refractivity contribution in [1.29, 1.82) is 0 Å². The molecule has 30 heavy (non-hydrogen) atoms. The predicted octanol–water partition coefficient (Wildman–Crippen LogP) is 7.90. The van der Waals surface area contributed by atoms with E-state index in [1.54, 1.807) is 0 Å². The van der Waals surface area contributed by atoms with Gasteiger partial charge in [-0.25, -0.2) is 0 Å². The summed E-state index contributed by atoms with van der Waals surface area (Å²) in [6, 6.07) is 21.2. The quantitative estimate of drug-likeness (QED) is 0.151. The Balaban J connectivity index is 2.77. The maximum absolute atomic E-state index is 6.25. The molecule has 2 aromatic carbocycles. The third-order valence-corrected chi connectivity index (χ3v) is 8.38. The van der Waals surface area contributed by atoms with E-state index in [2.05, 4.69) is 61.2 Å². The van der Waals surface area contributed by atoms with Crippen molar-refractivity contribution in [2.45, 2.75) is 47.5 Å². The van der Waals surface area contributed by atoms with Crippen molar-refractivity contribution in [2.24, 2.45) is 0 Å². The molecule has 0 fully saturated rings. The molecule has 0 N–H and O–H groups in total. The molecule has 0 saturated heterocycles. The van der Waals surface area contributed by atoms with Gasteiger partial charge in [0.05, 0.1) is 5.25 Å². The second-order valence-corrected chi connectivity index (χ2v) is 10.2. The summed E-state index contributed by atoms with van der Waals surface area (Å²) in [5, 5.41) is 0.887. The van der Waals surface area contributed by atoms with Crippen molar-refractivity contribution in [2.75, 3.05) is 11.8 Å². The Kier molecular flexibility index (Phi) is 12.3. The fraction of sp³-hybridized carbons (Fsp3) is 0.417. The van der Waals surface area contributed by atoms with Gasteiger partial charge in [-0.3, -0.25) is 0 Å². The number of halogens is 2. The standard InChI is InChI=1S/C24H30Cl2S4/c25-15-13-21(28)23(30)24(22(29)14-16-26,19-10-5-2-6-11-19)20(12-7-17-27)18-8-3-1-4-9-18/h1-6,8-11,17,20-22,27-30H,7,12-16H2. The fourth-order valence-corrected chi connectivity index (χ4v) is 6.77. The summed E-state index contributed by atoms with van der Waals surface area (Å²) < 4.78 is 0. The van der Waals surface area contributed by atoms with Crippen LogP contribution in [-0.4, -0.2) is 22.3 Å². The molecule has 0 nitrogen and oxygen atoms in total. The van der Waals surface area contributed by atoms with Crippen molar-refractivity contribution >= 4 is 73.7 Å². The molecule has 0 saturated carbocycles. The minimum Gasteiger partial charge on any atom is -0.175 e. The molecule has 0 aliphatic carbocycles. The summed E-state index contributed by atoms with van der Waals surface area (Å²) in [6.07, 6.45) is 3.26. The van der Waals surface area contributed by atoms with E-state index in [1.807, 2.05) is 17.9 Å². The minimum atomic E-state index is -0.473. The van der Waals surface area contributed by atoms with Crippen LogP contribution in [0.2, 0.25) is 0 Å². The first-order valence-corrected chi connectivity index (χ1v) is 13.2. The Morgan fingerprint density at radius 3 is 1.97 bits per heavy atom. The second-order valence-electron chi connectivity index (χ2n) is 7.33. The molecular weight excluding hydrogens is 487 g/mol. The van der Waals surface area contributed by atoms with Crippen LogP contribution in [0.25, 0.3) is 0 Å². The zero-order valence-corrected chi connectivity index (χ0v) is 22.0. The Bertz CT molecular complexity index is 716. The van der Waals surface area contributed by atoms with Crippen molar-refractivity contribution in [3.8, 4) is 0 Å². The van der Waals surface area contributed by atoms with Gasteiger partial charge in [-0.2, -0.15) is 50.5 Å². The molecule has 0 aromatic heterocycles. The lowest BCUT2D eigenvalue weighted by Crippen LogP contribution is -2.49. The molecule has 2 radical (unpaired) electrons. The minimum absolute atomic E-state index is 0.0417. The van der Waals surface area contributed by atoms with Crippen molar-refractivity contribution in [3.05, 3.63) is 82.8 Å². The van der Waals surface area contributed by atoms with Crippen LogP contribution in [0.1, 0.15) is 42.7 Å². The second kappa shape index (κ2) is 13.9. The van der Waals surface area contributed by atoms with Gasteiger partial charge in [-0.05, 0) is 42.7 Å². The highest BCUT2D eigenvalue weighted by Crippen LogP contribution is 2.56. The Hall–Kier alpha value is 0.420. The van der Waals surface area contributed by atoms with Crippen LogP contribution in [0.15, 0.2) is 60.7 Å². The van der Waals surface area contributed by atoms with Crippen LogP contribution in [0.3, 0.4) is 0 Å². The molecule has 0 heterocycles. The van der Waals surface area contributed by atoms with E-state index in [1.165, 1.54) is 11.1 Å². The zero-order valence-electron chi connectivity index (χ0n) is 16.9. The highest BCUT2D eigenvalue weighted by atomic mass is 35.5. The molecule has 4 atom stereocenters. The van der Waals surface area contributed by atoms with Gasteiger partial charge in [0, 0.05) is 33.4 Å². The highest BCUT2D eigenvalue weighted by molar-refractivity contribution is 7.87. The maximum atomic E-state index is 6.25. The lowest BCUT2D eigenvalue weighted by Gasteiger charge is -2.50. The number of benzene rings is 2. The molecule has 0 spiro atoms. The monoisotopic (exact) mass is 516 g/mol. The summed E-state index contributed by atoms with van der Waals surface area (Å²) in [6.45, 7) is 0. The van der Waals surface area contributed by atoms with Crippen LogP contribution in [0, 0.1) is 11.0 Å². The third kappa shape index (κ3) is 6.26. The fourth-order valence-electron chi connectivity index (χ4n) is 4.27. The molecule has 0 aliphatic rings. The van der Waals surface area contributed by atoms with E-state index >= 15 is 0 Å². The number of rotatable bonds is 13. The third-order valence-electron chi connectivity index (χ3n) is 5.62. The van der Waals surface area contributed by atoms with Gasteiger partial charge in [0.15, 0.2) is 0 Å². The summed E-state index contributed by atoms with van der Waals surface area (Å²) in [4.78, 5) is 0. The first kappa shape index (κ1) is 26.7. The van der Waals surface area contributed by atoms with Crippen LogP contribution in [0.5, 0.6) is 0 Å². The van der Waals surface area contributed by atoms with Gasteiger partial charge in [-0.15, -0.1) is 23.2 Å². The lowest BCUT2D eigenvalue weighted by atomic mass is 9.60. The summed E-state index contributed by atoms with van der Waals surface area (Å²) in [5.41, 5.74) is 1.96. The average Bonchev–Trinajstić information content (AvgIpc) is 2.78. The highest BCUT2D eigenvalue weighted by Gasteiger charge is 2.52. The molecule has 0 amide bonds. The predicted molar refractivity (Wildman–Crippen MR) is 148 cm³/mol. The molecule has 164 valence electrons. The van der Waals surface area contributed by atoms with E-state index in [-0.39, 0.29) is 16.4 Å². The van der Waals surface area contributed by atoms with E-state index < -0.39 is 5.41 Å². The van der Waals surface area contributed by atoms with Gasteiger partial charge < -0.3 is 0 Å². The van der Waals surface area contributed by atoms with Crippen molar-refractivity contribution in [1.82, 2.24) is 0 Å². The van der Waals surface area contributed by atoms with Crippen LogP contribution < -0.4 is 0 Å². The maximum Gasteiger partial charge on any atom is 0.0523 e. The zero-order chi connectivity index (χ0) is 22.0. The van der Waals surface area contributed by atoms with Crippen molar-refractivity contribution in [3.63, 3.8) is 0 Å². The Morgan fingerprint density at radius 2 is 1.43 bits per heavy atom. The lowest BCUT2D eigenvalue weighted by molar-refractivity contribution is 0.342. The smallest absolute Gasteiger partial charge is 0.0523 e. The van der Waals surface area contributed by atoms with E-state index in [9.17, 15) is 0 Å². The van der Waals surface area contributed by atoms with E-state index in [4.69, 9.17) is 61.1 Å². The topological polar surface area (TPSA) is 0 Å². The average molecular weight is 518 g/mol. The van der Waals surface area contributed by atoms with E-state index in [0.29, 0.717) is 11.8 Å². The first-order valence-electron chi connectivity index (χ1n) is 10.1. The SMILES string of the molecule is S[CH]CCC(c1ccccc1)C([C](S)C(S)CCCl)(c1ccccc1)C(S)CCCl.